The van der Waals surface area contributed by atoms with Crippen LogP contribution in [0.1, 0.15) is 27.2 Å². The fourth-order valence-corrected chi connectivity index (χ4v) is 2.19. The molecule has 0 aliphatic heterocycles. The van der Waals surface area contributed by atoms with Gasteiger partial charge in [-0.05, 0) is 32.9 Å². The second-order valence-corrected chi connectivity index (χ2v) is 6.51. The highest BCUT2D eigenvalue weighted by molar-refractivity contribution is 5.94. The SMILES string of the molecule is CCNC(=NCC(C)(C)C(=O)NC)Nc1cccc(OCCCOC)c1. The number of hydrogen-bond donors (Lipinski definition) is 3. The number of carbonyl (C=O) groups excluding carboxylic acids is 1. The van der Waals surface area contributed by atoms with E-state index in [0.717, 1.165) is 24.4 Å². The summed E-state index contributed by atoms with van der Waals surface area (Å²) in [7, 11) is 3.31. The molecular formula is C19H32N4O3. The van der Waals surface area contributed by atoms with Crippen LogP contribution in [0.15, 0.2) is 29.3 Å². The lowest BCUT2D eigenvalue weighted by Crippen LogP contribution is -2.38. The van der Waals surface area contributed by atoms with Crippen molar-refractivity contribution in [2.45, 2.75) is 27.2 Å². The molecule has 0 atom stereocenters. The molecule has 0 aliphatic rings. The molecule has 146 valence electrons. The molecule has 1 amide bonds. The monoisotopic (exact) mass is 364 g/mol. The topological polar surface area (TPSA) is 84.0 Å². The van der Waals surface area contributed by atoms with Gasteiger partial charge in [0.1, 0.15) is 5.75 Å². The minimum atomic E-state index is -0.580. The van der Waals surface area contributed by atoms with E-state index in [4.69, 9.17) is 9.47 Å². The van der Waals surface area contributed by atoms with Crippen LogP contribution >= 0.6 is 0 Å². The van der Waals surface area contributed by atoms with Crippen LogP contribution in [0, 0.1) is 5.41 Å². The molecule has 0 saturated heterocycles. The molecule has 0 fully saturated rings. The summed E-state index contributed by atoms with van der Waals surface area (Å²) < 4.78 is 10.7. The Morgan fingerprint density at radius 1 is 1.27 bits per heavy atom. The smallest absolute Gasteiger partial charge is 0.227 e. The molecular weight excluding hydrogens is 332 g/mol. The number of rotatable bonds is 10. The molecule has 26 heavy (non-hydrogen) atoms. The molecule has 0 heterocycles. The number of aliphatic imine (C=N–C) groups is 1. The maximum atomic E-state index is 11.9. The van der Waals surface area contributed by atoms with Crippen molar-refractivity contribution in [2.24, 2.45) is 10.4 Å². The van der Waals surface area contributed by atoms with Crippen molar-refractivity contribution < 1.29 is 14.3 Å². The normalized spacial score (nSPS) is 11.8. The number of ether oxygens (including phenoxy) is 2. The largest absolute Gasteiger partial charge is 0.493 e. The van der Waals surface area contributed by atoms with Gasteiger partial charge in [-0.15, -0.1) is 0 Å². The molecule has 0 spiro atoms. The summed E-state index contributed by atoms with van der Waals surface area (Å²) in [5.74, 6) is 1.37. The Balaban J connectivity index is 2.74. The number of guanidine groups is 1. The number of methoxy groups -OCH3 is 1. The van der Waals surface area contributed by atoms with E-state index in [2.05, 4.69) is 20.9 Å². The van der Waals surface area contributed by atoms with E-state index >= 15 is 0 Å². The fourth-order valence-electron chi connectivity index (χ4n) is 2.19. The van der Waals surface area contributed by atoms with Gasteiger partial charge in [0.2, 0.25) is 5.91 Å². The minimum absolute atomic E-state index is 0.0384. The molecule has 7 nitrogen and oxygen atoms in total. The van der Waals surface area contributed by atoms with E-state index in [9.17, 15) is 4.79 Å². The molecule has 0 bridgehead atoms. The Morgan fingerprint density at radius 3 is 2.69 bits per heavy atom. The van der Waals surface area contributed by atoms with Gasteiger partial charge in [0.05, 0.1) is 18.6 Å². The van der Waals surface area contributed by atoms with Crippen molar-refractivity contribution >= 4 is 17.6 Å². The van der Waals surface area contributed by atoms with Gasteiger partial charge >= 0.3 is 0 Å². The highest BCUT2D eigenvalue weighted by Gasteiger charge is 2.26. The van der Waals surface area contributed by atoms with Gasteiger partial charge < -0.3 is 25.4 Å². The van der Waals surface area contributed by atoms with Crippen LogP contribution in [0.5, 0.6) is 5.75 Å². The Hall–Kier alpha value is -2.28. The predicted octanol–water partition coefficient (Wildman–Crippen LogP) is 2.25. The molecule has 0 saturated carbocycles. The van der Waals surface area contributed by atoms with Crippen molar-refractivity contribution in [2.75, 3.05) is 45.8 Å². The summed E-state index contributed by atoms with van der Waals surface area (Å²) in [6.45, 7) is 8.11. The molecule has 3 N–H and O–H groups in total. The Labute approximate surface area is 156 Å². The van der Waals surface area contributed by atoms with Gasteiger partial charge in [-0.1, -0.05) is 6.07 Å². The van der Waals surface area contributed by atoms with Gasteiger partial charge in [0.15, 0.2) is 5.96 Å². The number of nitrogens with zero attached hydrogens (tertiary/aromatic N) is 1. The summed E-state index contributed by atoms with van der Waals surface area (Å²) in [5, 5.41) is 9.12. The van der Waals surface area contributed by atoms with Crippen LogP contribution in [0.25, 0.3) is 0 Å². The zero-order valence-electron chi connectivity index (χ0n) is 16.5. The molecule has 1 rings (SSSR count). The van der Waals surface area contributed by atoms with Crippen molar-refractivity contribution in [3.05, 3.63) is 24.3 Å². The Morgan fingerprint density at radius 2 is 2.04 bits per heavy atom. The van der Waals surface area contributed by atoms with E-state index < -0.39 is 5.41 Å². The van der Waals surface area contributed by atoms with Gasteiger partial charge in [-0.2, -0.15) is 0 Å². The third kappa shape index (κ3) is 7.74. The third-order valence-electron chi connectivity index (χ3n) is 3.68. The van der Waals surface area contributed by atoms with Crippen molar-refractivity contribution in [1.82, 2.24) is 10.6 Å². The fraction of sp³-hybridized carbons (Fsp3) is 0.579. The van der Waals surface area contributed by atoms with E-state index in [1.807, 2.05) is 45.0 Å². The van der Waals surface area contributed by atoms with E-state index in [0.29, 0.717) is 25.7 Å². The van der Waals surface area contributed by atoms with Crippen LogP contribution in [0.4, 0.5) is 5.69 Å². The number of carbonyl (C=O) groups is 1. The second-order valence-electron chi connectivity index (χ2n) is 6.51. The highest BCUT2D eigenvalue weighted by atomic mass is 16.5. The molecule has 0 unspecified atom stereocenters. The van der Waals surface area contributed by atoms with Gasteiger partial charge in [-0.25, -0.2) is 0 Å². The van der Waals surface area contributed by atoms with Crippen LogP contribution < -0.4 is 20.7 Å². The number of hydrogen-bond acceptors (Lipinski definition) is 4. The number of amides is 1. The molecule has 0 radical (unpaired) electrons. The zero-order valence-corrected chi connectivity index (χ0v) is 16.5. The van der Waals surface area contributed by atoms with Crippen molar-refractivity contribution in [3.8, 4) is 5.75 Å². The highest BCUT2D eigenvalue weighted by Crippen LogP contribution is 2.18. The lowest BCUT2D eigenvalue weighted by molar-refractivity contribution is -0.128. The van der Waals surface area contributed by atoms with Crippen LogP contribution in [-0.4, -0.2) is 52.3 Å². The van der Waals surface area contributed by atoms with Crippen molar-refractivity contribution in [3.63, 3.8) is 0 Å². The first-order chi connectivity index (χ1) is 12.4. The molecule has 1 aromatic rings. The summed E-state index contributed by atoms with van der Waals surface area (Å²) in [6.07, 6.45) is 0.840. The average Bonchev–Trinajstić information content (AvgIpc) is 2.63. The van der Waals surface area contributed by atoms with Crippen LogP contribution in [0.3, 0.4) is 0 Å². The number of benzene rings is 1. The molecule has 7 heteroatoms. The molecule has 1 aromatic carbocycles. The summed E-state index contributed by atoms with van der Waals surface area (Å²) in [4.78, 5) is 16.4. The predicted molar refractivity (Wildman–Crippen MR) is 106 cm³/mol. The summed E-state index contributed by atoms with van der Waals surface area (Å²) in [6, 6.07) is 7.70. The van der Waals surface area contributed by atoms with Crippen LogP contribution in [0.2, 0.25) is 0 Å². The maximum Gasteiger partial charge on any atom is 0.227 e. The summed E-state index contributed by atoms with van der Waals surface area (Å²) in [5.41, 5.74) is 0.287. The minimum Gasteiger partial charge on any atom is -0.493 e. The van der Waals surface area contributed by atoms with Gasteiger partial charge in [-0.3, -0.25) is 9.79 Å². The number of nitrogens with one attached hydrogen (secondary N) is 3. The quantitative estimate of drug-likeness (QED) is 0.337. The second kappa shape index (κ2) is 11.4. The van der Waals surface area contributed by atoms with E-state index in [1.165, 1.54) is 0 Å². The van der Waals surface area contributed by atoms with Gasteiger partial charge in [0, 0.05) is 45.5 Å². The zero-order chi connectivity index (χ0) is 19.4. The Bertz CT molecular complexity index is 588. The Kier molecular flexibility index (Phi) is 9.51. The summed E-state index contributed by atoms with van der Waals surface area (Å²) >= 11 is 0. The van der Waals surface area contributed by atoms with Crippen molar-refractivity contribution in [1.29, 1.82) is 0 Å². The standard InChI is InChI=1S/C19H32N4O3/c1-6-21-18(22-14-19(2,3)17(24)20-4)23-15-9-7-10-16(13-15)26-12-8-11-25-5/h7,9-10,13H,6,8,11-12,14H2,1-5H3,(H,20,24)(H2,21,22,23). The maximum absolute atomic E-state index is 11.9. The third-order valence-corrected chi connectivity index (χ3v) is 3.68. The first-order valence-electron chi connectivity index (χ1n) is 8.92. The first kappa shape index (κ1) is 21.8. The van der Waals surface area contributed by atoms with Gasteiger partial charge in [0.25, 0.3) is 0 Å². The molecule has 0 aliphatic carbocycles. The van der Waals surface area contributed by atoms with Crippen LogP contribution in [-0.2, 0) is 9.53 Å². The lowest BCUT2D eigenvalue weighted by atomic mass is 9.93. The van der Waals surface area contributed by atoms with E-state index in [1.54, 1.807) is 14.2 Å². The molecule has 0 aromatic heterocycles. The number of anilines is 1. The van der Waals surface area contributed by atoms with E-state index in [-0.39, 0.29) is 5.91 Å². The first-order valence-corrected chi connectivity index (χ1v) is 8.92. The average molecular weight is 364 g/mol. The lowest BCUT2D eigenvalue weighted by Gasteiger charge is -2.21.